The summed E-state index contributed by atoms with van der Waals surface area (Å²) in [5.41, 5.74) is 1.49. The van der Waals surface area contributed by atoms with Crippen LogP contribution in [-0.4, -0.2) is 40.0 Å². The zero-order chi connectivity index (χ0) is 21.6. The lowest BCUT2D eigenvalue weighted by Gasteiger charge is -2.21. The van der Waals surface area contributed by atoms with Crippen LogP contribution in [0.25, 0.3) is 0 Å². The van der Waals surface area contributed by atoms with Crippen LogP contribution in [0.3, 0.4) is 0 Å². The minimum Gasteiger partial charge on any atom is -0.508 e. The summed E-state index contributed by atoms with van der Waals surface area (Å²) < 4.78 is 5.44. The molecule has 0 heterocycles. The van der Waals surface area contributed by atoms with E-state index in [-0.39, 0.29) is 17.5 Å². The first-order valence-corrected chi connectivity index (χ1v) is 10.1. The van der Waals surface area contributed by atoms with Crippen molar-refractivity contribution < 1.29 is 24.9 Å². The van der Waals surface area contributed by atoms with Gasteiger partial charge in [-0.1, -0.05) is 42.3 Å². The van der Waals surface area contributed by atoms with E-state index in [1.165, 1.54) is 18.2 Å². The summed E-state index contributed by atoms with van der Waals surface area (Å²) in [6.07, 6.45) is -0.858. The van der Waals surface area contributed by atoms with Crippen LogP contribution < -0.4 is 10.1 Å². The summed E-state index contributed by atoms with van der Waals surface area (Å²) in [6, 6.07) is 9.38. The lowest BCUT2D eigenvalue weighted by molar-refractivity contribution is -0.145. The smallest absolute Gasteiger partial charge is 0.344 e. The van der Waals surface area contributed by atoms with Crippen LogP contribution >= 0.6 is 23.2 Å². The Kier molecular flexibility index (Phi) is 8.59. The van der Waals surface area contributed by atoms with Gasteiger partial charge in [-0.25, -0.2) is 4.79 Å². The van der Waals surface area contributed by atoms with E-state index in [2.05, 4.69) is 5.32 Å². The molecule has 4 N–H and O–H groups in total. The second-order valence-electron chi connectivity index (χ2n) is 6.76. The molecule has 0 spiro atoms. The molecule has 0 bridgehead atoms. The molecule has 2 aromatic carbocycles. The van der Waals surface area contributed by atoms with Gasteiger partial charge in [-0.15, -0.1) is 0 Å². The largest absolute Gasteiger partial charge is 0.508 e. The molecule has 2 rings (SSSR count). The van der Waals surface area contributed by atoms with Crippen LogP contribution in [-0.2, 0) is 11.2 Å². The molecule has 0 aromatic heterocycles. The molecule has 29 heavy (non-hydrogen) atoms. The molecule has 2 aromatic rings. The van der Waals surface area contributed by atoms with Crippen molar-refractivity contribution in [2.45, 2.75) is 44.9 Å². The van der Waals surface area contributed by atoms with E-state index in [0.29, 0.717) is 35.0 Å². The van der Waals surface area contributed by atoms with Gasteiger partial charge in [-0.05, 0) is 55.6 Å². The number of ether oxygens (including phenoxy) is 1. The molecule has 0 saturated heterocycles. The summed E-state index contributed by atoms with van der Waals surface area (Å²) >= 11 is 12.5. The summed E-state index contributed by atoms with van der Waals surface area (Å²) in [4.78, 5) is 11.1. The van der Waals surface area contributed by atoms with Crippen LogP contribution in [0.5, 0.6) is 11.5 Å². The third kappa shape index (κ3) is 6.51. The van der Waals surface area contributed by atoms with Gasteiger partial charge in [0.25, 0.3) is 0 Å². The molecule has 3 atom stereocenters. The summed E-state index contributed by atoms with van der Waals surface area (Å²) in [5.74, 6) is -0.679. The highest BCUT2D eigenvalue weighted by Crippen LogP contribution is 2.32. The monoisotopic (exact) mass is 441 g/mol. The first-order chi connectivity index (χ1) is 13.7. The molecule has 0 aliphatic carbocycles. The molecule has 0 saturated carbocycles. The molecule has 0 fully saturated rings. The zero-order valence-electron chi connectivity index (χ0n) is 16.2. The molecule has 158 valence electrons. The van der Waals surface area contributed by atoms with Crippen LogP contribution in [0, 0.1) is 0 Å². The number of phenolic OH excluding ortho intramolecular Hbond substituents is 1. The highest BCUT2D eigenvalue weighted by Gasteiger charge is 2.20. The Morgan fingerprint density at radius 2 is 1.83 bits per heavy atom. The highest BCUT2D eigenvalue weighted by atomic mass is 35.5. The number of halogens is 2. The Morgan fingerprint density at radius 3 is 2.41 bits per heavy atom. The van der Waals surface area contributed by atoms with E-state index in [1.807, 2.05) is 6.92 Å². The molecule has 0 aliphatic heterocycles. The van der Waals surface area contributed by atoms with Crippen molar-refractivity contribution in [1.29, 1.82) is 0 Å². The van der Waals surface area contributed by atoms with Gasteiger partial charge in [0.1, 0.15) is 11.5 Å². The number of carboxylic acid groups (broad SMARTS) is 1. The van der Waals surface area contributed by atoms with Gasteiger partial charge >= 0.3 is 5.97 Å². The van der Waals surface area contributed by atoms with Gasteiger partial charge in [0, 0.05) is 17.1 Å². The number of carbonyl (C=O) groups is 1. The number of rotatable bonds is 10. The Labute approximate surface area is 180 Å². The number of aliphatic hydroxyl groups is 1. The minimum atomic E-state index is -1.06. The van der Waals surface area contributed by atoms with Crippen molar-refractivity contribution in [2.75, 3.05) is 6.54 Å². The van der Waals surface area contributed by atoms with Gasteiger partial charge in [0.15, 0.2) is 6.10 Å². The number of phenols is 1. The lowest BCUT2D eigenvalue weighted by atomic mass is 10.0. The summed E-state index contributed by atoms with van der Waals surface area (Å²) in [5, 5.41) is 32.8. The third-order valence-corrected chi connectivity index (χ3v) is 5.23. The zero-order valence-corrected chi connectivity index (χ0v) is 17.7. The van der Waals surface area contributed by atoms with E-state index >= 15 is 0 Å². The average Bonchev–Trinajstić information content (AvgIpc) is 2.68. The molecular weight excluding hydrogens is 417 g/mol. The summed E-state index contributed by atoms with van der Waals surface area (Å²) in [7, 11) is 0. The average molecular weight is 442 g/mol. The topological polar surface area (TPSA) is 99.0 Å². The molecular formula is C21H25Cl2NO5. The first kappa shape index (κ1) is 23.3. The fraction of sp³-hybridized carbons (Fsp3) is 0.381. The maximum absolute atomic E-state index is 11.1. The van der Waals surface area contributed by atoms with Gasteiger partial charge in [-0.3, -0.25) is 0 Å². The van der Waals surface area contributed by atoms with Gasteiger partial charge < -0.3 is 25.4 Å². The second-order valence-corrected chi connectivity index (χ2v) is 7.57. The van der Waals surface area contributed by atoms with Gasteiger partial charge in [0.05, 0.1) is 11.1 Å². The molecule has 6 nitrogen and oxygen atoms in total. The predicted octanol–water partition coefficient (Wildman–Crippen LogP) is 4.20. The fourth-order valence-corrected chi connectivity index (χ4v) is 3.30. The van der Waals surface area contributed by atoms with Crippen LogP contribution in [0.2, 0.25) is 10.0 Å². The number of aliphatic hydroxyl groups excluding tert-OH is 1. The van der Waals surface area contributed by atoms with Crippen molar-refractivity contribution in [2.24, 2.45) is 0 Å². The Hall–Kier alpha value is -1.99. The number of hydrogen-bond donors (Lipinski definition) is 4. The Bertz CT molecular complexity index is 829. The Morgan fingerprint density at radius 1 is 1.17 bits per heavy atom. The number of hydrogen-bond acceptors (Lipinski definition) is 5. The Balaban J connectivity index is 1.95. The number of carboxylic acids is 1. The predicted molar refractivity (Wildman–Crippen MR) is 113 cm³/mol. The lowest BCUT2D eigenvalue weighted by Crippen LogP contribution is -2.33. The van der Waals surface area contributed by atoms with Crippen LogP contribution in [0.4, 0.5) is 0 Å². The van der Waals surface area contributed by atoms with Crippen molar-refractivity contribution in [1.82, 2.24) is 5.32 Å². The number of aromatic hydroxyl groups is 1. The van der Waals surface area contributed by atoms with Crippen molar-refractivity contribution in [3.63, 3.8) is 0 Å². The molecule has 1 unspecified atom stereocenters. The standard InChI is InChI=1S/C21H25Cl2NO5/c1-3-18(21(27)28)29-19-11-16(22)14(10-17(19)23)8-9-24-12(2)20(26)13-4-6-15(25)7-5-13/h4-7,10-12,18,20,24-26H,3,8-9H2,1-2H3,(H,27,28)/t12-,18?,20+/m0/s1. The molecule has 0 aliphatic rings. The minimum absolute atomic E-state index is 0.147. The SMILES string of the molecule is CCC(Oc1cc(Cl)c(CCN[C@@H](C)[C@@H](O)c2ccc(O)cc2)cc1Cl)C(=O)O. The van der Waals surface area contributed by atoms with Crippen LogP contribution in [0.1, 0.15) is 37.5 Å². The third-order valence-electron chi connectivity index (χ3n) is 4.59. The van der Waals surface area contributed by atoms with E-state index < -0.39 is 18.2 Å². The second kappa shape index (κ2) is 10.7. The first-order valence-electron chi connectivity index (χ1n) is 9.30. The quantitative estimate of drug-likeness (QED) is 0.440. The maximum atomic E-state index is 11.1. The van der Waals surface area contributed by atoms with Crippen molar-refractivity contribution in [3.05, 3.63) is 57.6 Å². The van der Waals surface area contributed by atoms with E-state index in [1.54, 1.807) is 25.1 Å². The molecule has 0 amide bonds. The fourth-order valence-electron chi connectivity index (χ4n) is 2.82. The van der Waals surface area contributed by atoms with Crippen molar-refractivity contribution in [3.8, 4) is 11.5 Å². The van der Waals surface area contributed by atoms with E-state index in [4.69, 9.17) is 33.0 Å². The van der Waals surface area contributed by atoms with E-state index in [0.717, 1.165) is 5.56 Å². The molecule has 0 radical (unpaired) electrons. The molecule has 8 heteroatoms. The normalized spacial score (nSPS) is 14.2. The van der Waals surface area contributed by atoms with Crippen LogP contribution in [0.15, 0.2) is 36.4 Å². The summed E-state index contributed by atoms with van der Waals surface area (Å²) in [6.45, 7) is 4.11. The maximum Gasteiger partial charge on any atom is 0.344 e. The number of nitrogens with one attached hydrogen (secondary N) is 1. The van der Waals surface area contributed by atoms with Gasteiger partial charge in [-0.2, -0.15) is 0 Å². The van der Waals surface area contributed by atoms with E-state index in [9.17, 15) is 15.0 Å². The number of benzene rings is 2. The van der Waals surface area contributed by atoms with Crippen molar-refractivity contribution >= 4 is 29.2 Å². The van der Waals surface area contributed by atoms with Gasteiger partial charge in [0.2, 0.25) is 0 Å². The highest BCUT2D eigenvalue weighted by molar-refractivity contribution is 6.34. The number of aliphatic carboxylic acids is 1.